The van der Waals surface area contributed by atoms with E-state index in [2.05, 4.69) is 10.2 Å². The van der Waals surface area contributed by atoms with Crippen LogP contribution in [0, 0.1) is 0 Å². The Hall–Kier alpha value is -3.34. The molecule has 0 fully saturated rings. The van der Waals surface area contributed by atoms with Crippen molar-refractivity contribution >= 4 is 21.8 Å². The van der Waals surface area contributed by atoms with Crippen LogP contribution >= 0.6 is 0 Å². The molecule has 0 aliphatic rings. The first-order valence-corrected chi connectivity index (χ1v) is 7.36. The van der Waals surface area contributed by atoms with Crippen molar-refractivity contribution in [2.45, 2.75) is 0 Å². The smallest absolute Gasteiger partial charge is 0.222 e. The van der Waals surface area contributed by atoms with Gasteiger partial charge in [0.25, 0.3) is 0 Å². The van der Waals surface area contributed by atoms with Crippen LogP contribution in [-0.2, 0) is 0 Å². The van der Waals surface area contributed by atoms with Gasteiger partial charge in [0.05, 0.1) is 11.0 Å². The third-order valence-corrected chi connectivity index (χ3v) is 3.86. The van der Waals surface area contributed by atoms with Crippen LogP contribution in [0.15, 0.2) is 77.5 Å². The average molecular weight is 300 g/mol. The van der Waals surface area contributed by atoms with Gasteiger partial charge in [0, 0.05) is 35.3 Å². The zero-order valence-corrected chi connectivity index (χ0v) is 12.1. The molecule has 0 amide bonds. The number of rotatable bonds is 2. The maximum atomic E-state index is 5.92. The second-order valence-corrected chi connectivity index (χ2v) is 5.38. The molecule has 5 heteroatoms. The van der Waals surface area contributed by atoms with Crippen molar-refractivity contribution in [1.82, 2.24) is 19.6 Å². The first-order chi connectivity index (χ1) is 11.4. The van der Waals surface area contributed by atoms with Gasteiger partial charge in [-0.3, -0.25) is 0 Å². The van der Waals surface area contributed by atoms with Gasteiger partial charge in [0.2, 0.25) is 11.8 Å². The van der Waals surface area contributed by atoms with Crippen LogP contribution in [0.4, 0.5) is 0 Å². The molecule has 0 saturated carbocycles. The summed E-state index contributed by atoms with van der Waals surface area (Å²) in [5, 5.41) is 11.2. The quantitative estimate of drug-likeness (QED) is 0.496. The molecular weight excluding hydrogens is 288 g/mol. The second-order valence-electron chi connectivity index (χ2n) is 5.38. The highest BCUT2D eigenvalue weighted by Crippen LogP contribution is 2.21. The SMILES string of the molecule is c1ccc2nn(-c3ccc(-n4cc5ccccc5n4)o3)cc2c1. The van der Waals surface area contributed by atoms with Crippen molar-refractivity contribution < 1.29 is 4.42 Å². The van der Waals surface area contributed by atoms with Crippen LogP contribution in [0.25, 0.3) is 33.6 Å². The highest BCUT2D eigenvalue weighted by molar-refractivity contribution is 5.79. The minimum atomic E-state index is 0.663. The number of hydrogen-bond donors (Lipinski definition) is 0. The van der Waals surface area contributed by atoms with Crippen LogP contribution in [0.5, 0.6) is 0 Å². The van der Waals surface area contributed by atoms with Gasteiger partial charge in [0.15, 0.2) is 0 Å². The summed E-state index contributed by atoms with van der Waals surface area (Å²) in [5.74, 6) is 1.33. The molecule has 0 aliphatic carbocycles. The molecule has 0 radical (unpaired) electrons. The lowest BCUT2D eigenvalue weighted by Gasteiger charge is -1.96. The Kier molecular flexibility index (Phi) is 2.43. The minimum Gasteiger partial charge on any atom is -0.421 e. The normalized spacial score (nSPS) is 11.5. The third-order valence-electron chi connectivity index (χ3n) is 3.86. The lowest BCUT2D eigenvalue weighted by Crippen LogP contribution is -1.93. The van der Waals surface area contributed by atoms with Crippen LogP contribution < -0.4 is 0 Å². The molecule has 110 valence electrons. The first kappa shape index (κ1) is 12.2. The summed E-state index contributed by atoms with van der Waals surface area (Å²) in [6, 6.07) is 19.8. The van der Waals surface area contributed by atoms with Crippen LogP contribution in [-0.4, -0.2) is 19.6 Å². The summed E-state index contributed by atoms with van der Waals surface area (Å²) in [4.78, 5) is 0. The maximum absolute atomic E-state index is 5.92. The average Bonchev–Trinajstić information content (AvgIpc) is 3.30. The summed E-state index contributed by atoms with van der Waals surface area (Å²) in [6.07, 6.45) is 3.91. The zero-order chi connectivity index (χ0) is 15.2. The van der Waals surface area contributed by atoms with Gasteiger partial charge in [-0.15, -0.1) is 0 Å². The largest absolute Gasteiger partial charge is 0.421 e. The summed E-state index contributed by atoms with van der Waals surface area (Å²) in [7, 11) is 0. The van der Waals surface area contributed by atoms with Crippen LogP contribution in [0.2, 0.25) is 0 Å². The van der Waals surface area contributed by atoms with Gasteiger partial charge in [-0.05, 0) is 12.1 Å². The predicted octanol–water partition coefficient (Wildman–Crippen LogP) is 3.96. The Bertz CT molecular complexity index is 978. The molecule has 0 spiro atoms. The van der Waals surface area contributed by atoms with Gasteiger partial charge in [-0.1, -0.05) is 36.4 Å². The fourth-order valence-corrected chi connectivity index (χ4v) is 2.72. The number of fused-ring (bicyclic) bond motifs is 2. The highest BCUT2D eigenvalue weighted by Gasteiger charge is 2.09. The number of hydrogen-bond acceptors (Lipinski definition) is 3. The van der Waals surface area contributed by atoms with E-state index in [1.807, 2.05) is 73.1 Å². The fourth-order valence-electron chi connectivity index (χ4n) is 2.72. The molecule has 0 saturated heterocycles. The van der Waals surface area contributed by atoms with E-state index in [0.29, 0.717) is 11.8 Å². The first-order valence-electron chi connectivity index (χ1n) is 7.36. The van der Waals surface area contributed by atoms with E-state index >= 15 is 0 Å². The lowest BCUT2D eigenvalue weighted by molar-refractivity contribution is 0.492. The monoisotopic (exact) mass is 300 g/mol. The molecule has 3 heterocycles. The van der Waals surface area contributed by atoms with E-state index in [1.54, 1.807) is 9.36 Å². The third kappa shape index (κ3) is 1.94. The van der Waals surface area contributed by atoms with E-state index in [9.17, 15) is 0 Å². The van der Waals surface area contributed by atoms with E-state index in [1.165, 1.54) is 0 Å². The standard InChI is InChI=1S/C18H12N4O/c1-3-7-15-13(5-1)11-21(19-15)17-9-10-18(23-17)22-12-14-6-2-4-8-16(14)20-22/h1-12H. The molecule has 5 aromatic rings. The number of furan rings is 1. The van der Waals surface area contributed by atoms with E-state index in [-0.39, 0.29) is 0 Å². The number of benzene rings is 2. The van der Waals surface area contributed by atoms with Gasteiger partial charge in [-0.25, -0.2) is 9.36 Å². The van der Waals surface area contributed by atoms with E-state index < -0.39 is 0 Å². The van der Waals surface area contributed by atoms with Crippen molar-refractivity contribution in [1.29, 1.82) is 0 Å². The Morgan fingerprint density at radius 1 is 0.609 bits per heavy atom. The van der Waals surface area contributed by atoms with Gasteiger partial charge < -0.3 is 4.42 Å². The predicted molar refractivity (Wildman–Crippen MR) is 88.0 cm³/mol. The molecule has 5 nitrogen and oxygen atoms in total. The topological polar surface area (TPSA) is 48.8 Å². The molecular formula is C18H12N4O. The second kappa shape index (κ2) is 4.58. The molecule has 0 bridgehead atoms. The Morgan fingerprint density at radius 3 is 1.57 bits per heavy atom. The summed E-state index contributed by atoms with van der Waals surface area (Å²) < 4.78 is 9.41. The highest BCUT2D eigenvalue weighted by atomic mass is 16.4. The Labute approximate surface area is 131 Å². The van der Waals surface area contributed by atoms with Crippen molar-refractivity contribution in [2.75, 3.05) is 0 Å². The van der Waals surface area contributed by atoms with Crippen molar-refractivity contribution in [3.63, 3.8) is 0 Å². The fraction of sp³-hybridized carbons (Fsp3) is 0. The van der Waals surface area contributed by atoms with Crippen molar-refractivity contribution in [2.24, 2.45) is 0 Å². The molecule has 3 aromatic heterocycles. The van der Waals surface area contributed by atoms with Crippen LogP contribution in [0.3, 0.4) is 0 Å². The summed E-state index contributed by atoms with van der Waals surface area (Å²) >= 11 is 0. The van der Waals surface area contributed by atoms with E-state index in [4.69, 9.17) is 4.42 Å². The maximum Gasteiger partial charge on any atom is 0.222 e. The summed E-state index contributed by atoms with van der Waals surface area (Å²) in [6.45, 7) is 0. The van der Waals surface area contributed by atoms with Gasteiger partial charge >= 0.3 is 0 Å². The van der Waals surface area contributed by atoms with Crippen molar-refractivity contribution in [3.05, 3.63) is 73.1 Å². The Balaban J connectivity index is 1.59. The van der Waals surface area contributed by atoms with E-state index in [0.717, 1.165) is 21.8 Å². The molecule has 0 unspecified atom stereocenters. The van der Waals surface area contributed by atoms with Gasteiger partial charge in [-0.2, -0.15) is 10.2 Å². The minimum absolute atomic E-state index is 0.663. The van der Waals surface area contributed by atoms with Crippen LogP contribution in [0.1, 0.15) is 0 Å². The molecule has 5 rings (SSSR count). The Morgan fingerprint density at radius 2 is 1.09 bits per heavy atom. The number of aromatic nitrogens is 4. The van der Waals surface area contributed by atoms with Crippen molar-refractivity contribution in [3.8, 4) is 11.8 Å². The lowest BCUT2D eigenvalue weighted by atomic mass is 10.3. The molecule has 0 N–H and O–H groups in total. The molecule has 0 aliphatic heterocycles. The van der Waals surface area contributed by atoms with Gasteiger partial charge in [0.1, 0.15) is 0 Å². The molecule has 0 atom stereocenters. The zero-order valence-electron chi connectivity index (χ0n) is 12.1. The summed E-state index contributed by atoms with van der Waals surface area (Å²) in [5.41, 5.74) is 1.88. The molecule has 2 aromatic carbocycles. The molecule has 23 heavy (non-hydrogen) atoms. The number of nitrogens with zero attached hydrogens (tertiary/aromatic N) is 4.